The van der Waals surface area contributed by atoms with E-state index in [2.05, 4.69) is 4.99 Å². The summed E-state index contributed by atoms with van der Waals surface area (Å²) in [4.78, 5) is 14.1. The van der Waals surface area contributed by atoms with Crippen molar-refractivity contribution in [3.63, 3.8) is 0 Å². The van der Waals surface area contributed by atoms with Crippen LogP contribution < -0.4 is 5.11 Å². The van der Waals surface area contributed by atoms with Crippen molar-refractivity contribution >= 4 is 17.6 Å². The number of aliphatic imine (C=N–C) groups is 1. The maximum atomic E-state index is 11.9. The summed E-state index contributed by atoms with van der Waals surface area (Å²) in [5.41, 5.74) is 1.40. The summed E-state index contributed by atoms with van der Waals surface area (Å²) in [5.74, 6) is -0.707. The Labute approximate surface area is 121 Å². The highest BCUT2D eigenvalue weighted by Gasteiger charge is 2.10. The zero-order valence-corrected chi connectivity index (χ0v) is 11.5. The number of phenols is 1. The smallest absolute Gasteiger partial charge is 0.262 e. The van der Waals surface area contributed by atoms with Crippen molar-refractivity contribution in [2.45, 2.75) is 13.8 Å². The Morgan fingerprint density at radius 1 is 1.19 bits per heavy atom. The summed E-state index contributed by atoms with van der Waals surface area (Å²) in [6.07, 6.45) is 1.23. The van der Waals surface area contributed by atoms with E-state index in [1.165, 1.54) is 18.3 Å². The number of benzene rings is 2. The summed E-state index contributed by atoms with van der Waals surface area (Å²) in [7, 11) is 0. The lowest BCUT2D eigenvalue weighted by Gasteiger charge is -2.11. The molecule has 0 radical (unpaired) electrons. The Bertz CT molecular complexity index is 739. The van der Waals surface area contributed by atoms with E-state index in [1.54, 1.807) is 25.1 Å². The van der Waals surface area contributed by atoms with Gasteiger partial charge in [0, 0.05) is 12.3 Å². The largest absolute Gasteiger partial charge is 0.867 e. The number of hydrogen-bond donors (Lipinski definition) is 1. The average molecular weight is 285 g/mol. The highest BCUT2D eigenvalue weighted by molar-refractivity contribution is 5.88. The molecule has 0 spiro atoms. The number of nitrogens with zero attached hydrogens (tertiary/aromatic N) is 2. The van der Waals surface area contributed by atoms with Crippen LogP contribution in [0.3, 0.4) is 0 Å². The Kier molecular flexibility index (Phi) is 3.89. The SMILES string of the molecule is Cc1ccc(N=Cc2cc(C)cc([N+](=O)[O-])c2[O-])c(O)c1. The van der Waals surface area contributed by atoms with Crippen molar-refractivity contribution in [3.05, 3.63) is 57.1 Å². The molecule has 0 aromatic heterocycles. The van der Waals surface area contributed by atoms with Gasteiger partial charge < -0.3 is 10.2 Å². The Balaban J connectivity index is 2.43. The molecular weight excluding hydrogens is 272 g/mol. The van der Waals surface area contributed by atoms with Crippen LogP contribution in [0.4, 0.5) is 11.4 Å². The van der Waals surface area contributed by atoms with Crippen molar-refractivity contribution in [1.82, 2.24) is 0 Å². The second kappa shape index (κ2) is 5.62. The highest BCUT2D eigenvalue weighted by Crippen LogP contribution is 2.30. The predicted molar refractivity (Wildman–Crippen MR) is 77.4 cm³/mol. The van der Waals surface area contributed by atoms with Crippen molar-refractivity contribution < 1.29 is 15.1 Å². The van der Waals surface area contributed by atoms with Gasteiger partial charge in [-0.25, -0.2) is 0 Å². The molecule has 0 amide bonds. The summed E-state index contributed by atoms with van der Waals surface area (Å²) in [5, 5.41) is 32.5. The van der Waals surface area contributed by atoms with Crippen molar-refractivity contribution in [1.29, 1.82) is 0 Å². The molecule has 6 heteroatoms. The molecule has 0 bridgehead atoms. The quantitative estimate of drug-likeness (QED) is 0.532. The molecule has 0 aliphatic carbocycles. The van der Waals surface area contributed by atoms with Gasteiger partial charge in [-0.05, 0) is 48.4 Å². The van der Waals surface area contributed by atoms with E-state index >= 15 is 0 Å². The maximum Gasteiger partial charge on any atom is 0.262 e. The molecule has 2 aromatic carbocycles. The van der Waals surface area contributed by atoms with Gasteiger partial charge in [-0.1, -0.05) is 12.1 Å². The molecular formula is C15H13N2O4-. The van der Waals surface area contributed by atoms with Crippen LogP contribution in [0.25, 0.3) is 0 Å². The average Bonchev–Trinajstić information content (AvgIpc) is 2.40. The fraction of sp³-hybridized carbons (Fsp3) is 0.133. The molecule has 0 aliphatic heterocycles. The monoisotopic (exact) mass is 285 g/mol. The zero-order valence-electron chi connectivity index (χ0n) is 11.5. The second-order valence-corrected chi connectivity index (χ2v) is 4.71. The topological polar surface area (TPSA) is 98.8 Å². The molecule has 6 nitrogen and oxygen atoms in total. The molecule has 0 aliphatic rings. The molecule has 0 saturated heterocycles. The Morgan fingerprint density at radius 2 is 1.90 bits per heavy atom. The van der Waals surface area contributed by atoms with Crippen LogP contribution in [0.2, 0.25) is 0 Å². The molecule has 0 saturated carbocycles. The first kappa shape index (κ1) is 14.5. The van der Waals surface area contributed by atoms with Gasteiger partial charge >= 0.3 is 0 Å². The van der Waals surface area contributed by atoms with E-state index in [0.717, 1.165) is 5.56 Å². The predicted octanol–water partition coefficient (Wildman–Crippen LogP) is 2.74. The van der Waals surface area contributed by atoms with Gasteiger partial charge in [-0.2, -0.15) is 0 Å². The summed E-state index contributed by atoms with van der Waals surface area (Å²) in [6.45, 7) is 3.49. The van der Waals surface area contributed by atoms with Gasteiger partial charge in [0.15, 0.2) is 0 Å². The number of aryl methyl sites for hydroxylation is 2. The molecule has 2 aromatic rings. The van der Waals surface area contributed by atoms with E-state index < -0.39 is 16.4 Å². The summed E-state index contributed by atoms with van der Waals surface area (Å²) in [6, 6.07) is 7.66. The third-order valence-electron chi connectivity index (χ3n) is 2.91. The van der Waals surface area contributed by atoms with E-state index in [9.17, 15) is 20.3 Å². The van der Waals surface area contributed by atoms with Crippen LogP contribution >= 0.6 is 0 Å². The van der Waals surface area contributed by atoms with Crippen LogP contribution in [0.5, 0.6) is 11.5 Å². The normalized spacial score (nSPS) is 11.0. The standard InChI is InChI=1S/C15H14N2O4/c1-9-3-4-12(14(18)7-9)16-8-11-5-10(2)6-13(15(11)19)17(20)21/h3-8,18-19H,1-2H3/p-1. The fourth-order valence-corrected chi connectivity index (χ4v) is 1.89. The minimum absolute atomic E-state index is 0.0131. The number of rotatable bonds is 3. The van der Waals surface area contributed by atoms with Gasteiger partial charge in [0.05, 0.1) is 4.92 Å². The molecule has 21 heavy (non-hydrogen) atoms. The molecule has 0 unspecified atom stereocenters. The Hall–Kier alpha value is -2.89. The van der Waals surface area contributed by atoms with E-state index in [4.69, 9.17) is 0 Å². The molecule has 1 N–H and O–H groups in total. The first-order chi connectivity index (χ1) is 9.88. The van der Waals surface area contributed by atoms with Crippen LogP contribution in [0, 0.1) is 24.0 Å². The number of nitro benzene ring substituents is 1. The first-order valence-electron chi connectivity index (χ1n) is 6.18. The minimum Gasteiger partial charge on any atom is -0.867 e. The van der Waals surface area contributed by atoms with Crippen molar-refractivity contribution in [3.8, 4) is 11.5 Å². The first-order valence-corrected chi connectivity index (χ1v) is 6.18. The molecule has 108 valence electrons. The van der Waals surface area contributed by atoms with Gasteiger partial charge in [0.1, 0.15) is 11.4 Å². The maximum absolute atomic E-state index is 11.9. The van der Waals surface area contributed by atoms with Crippen LogP contribution in [-0.2, 0) is 0 Å². The minimum atomic E-state index is -0.712. The molecule has 0 heterocycles. The lowest BCUT2D eigenvalue weighted by molar-refractivity contribution is -0.398. The molecule has 0 atom stereocenters. The third-order valence-corrected chi connectivity index (χ3v) is 2.91. The summed E-state index contributed by atoms with van der Waals surface area (Å²) >= 11 is 0. The highest BCUT2D eigenvalue weighted by atomic mass is 16.6. The molecule has 0 fully saturated rings. The zero-order chi connectivity index (χ0) is 15.6. The van der Waals surface area contributed by atoms with Crippen molar-refractivity contribution in [2.75, 3.05) is 0 Å². The second-order valence-electron chi connectivity index (χ2n) is 4.71. The van der Waals surface area contributed by atoms with Gasteiger partial charge in [-0.15, -0.1) is 0 Å². The number of nitro groups is 1. The van der Waals surface area contributed by atoms with E-state index in [-0.39, 0.29) is 11.3 Å². The van der Waals surface area contributed by atoms with Gasteiger partial charge in [0.25, 0.3) is 5.69 Å². The number of phenolic OH excluding ortho intramolecular Hbond substituents is 1. The van der Waals surface area contributed by atoms with Gasteiger partial charge in [0.2, 0.25) is 0 Å². The lowest BCUT2D eigenvalue weighted by Crippen LogP contribution is -2.02. The van der Waals surface area contributed by atoms with Crippen LogP contribution in [0.1, 0.15) is 16.7 Å². The Morgan fingerprint density at radius 3 is 2.52 bits per heavy atom. The van der Waals surface area contributed by atoms with E-state index in [1.807, 2.05) is 6.92 Å². The molecule has 2 rings (SSSR count). The fourth-order valence-electron chi connectivity index (χ4n) is 1.89. The third kappa shape index (κ3) is 3.17. The summed E-state index contributed by atoms with van der Waals surface area (Å²) < 4.78 is 0. The van der Waals surface area contributed by atoms with Crippen LogP contribution in [-0.4, -0.2) is 16.2 Å². The number of hydrogen-bond acceptors (Lipinski definition) is 5. The van der Waals surface area contributed by atoms with E-state index in [0.29, 0.717) is 11.3 Å². The van der Waals surface area contributed by atoms with Crippen LogP contribution in [0.15, 0.2) is 35.3 Å². The number of aromatic hydroxyl groups is 1. The van der Waals surface area contributed by atoms with Crippen molar-refractivity contribution in [2.24, 2.45) is 4.99 Å². The van der Waals surface area contributed by atoms with Gasteiger partial charge in [-0.3, -0.25) is 15.1 Å². The lowest BCUT2D eigenvalue weighted by atomic mass is 10.1.